The molecule has 0 radical (unpaired) electrons. The van der Waals surface area contributed by atoms with Crippen LogP contribution in [0.5, 0.6) is 0 Å². The second-order valence-corrected chi connectivity index (χ2v) is 7.82. The number of hydrogen-bond donors (Lipinski definition) is 2. The molecule has 0 aliphatic rings. The van der Waals surface area contributed by atoms with Crippen LogP contribution in [-0.2, 0) is 9.59 Å². The van der Waals surface area contributed by atoms with E-state index in [2.05, 4.69) is 15.7 Å². The van der Waals surface area contributed by atoms with Gasteiger partial charge in [-0.05, 0) is 43.7 Å². The fourth-order valence-electron chi connectivity index (χ4n) is 2.96. The topological polar surface area (TPSA) is 93.1 Å². The van der Waals surface area contributed by atoms with E-state index in [-0.39, 0.29) is 17.5 Å². The van der Waals surface area contributed by atoms with E-state index in [1.165, 1.54) is 31.2 Å². The molecule has 0 saturated heterocycles. The Morgan fingerprint density at radius 2 is 1.62 bits per heavy atom. The van der Waals surface area contributed by atoms with Crippen molar-refractivity contribution in [1.29, 1.82) is 0 Å². The Balaban J connectivity index is 1.90. The summed E-state index contributed by atoms with van der Waals surface area (Å²) in [5.41, 5.74) is 2.21. The maximum atomic E-state index is 13.9. The Morgan fingerprint density at radius 3 is 2.31 bits per heavy atom. The number of aryl methyl sites for hydroxylation is 1. The maximum absolute atomic E-state index is 13.9. The van der Waals surface area contributed by atoms with Crippen molar-refractivity contribution in [3.8, 4) is 11.3 Å². The molecule has 0 unspecified atom stereocenters. The predicted octanol–water partition coefficient (Wildman–Crippen LogP) is 4.15. The second kappa shape index (κ2) is 9.55. The van der Waals surface area contributed by atoms with E-state index in [1.807, 2.05) is 19.1 Å². The number of carbonyl (C=O) groups excluding carboxylic acids is 2. The minimum absolute atomic E-state index is 0.0256. The van der Waals surface area contributed by atoms with Crippen molar-refractivity contribution >= 4 is 23.2 Å². The van der Waals surface area contributed by atoms with Gasteiger partial charge in [-0.2, -0.15) is 5.10 Å². The number of halogens is 1. The molecule has 0 aliphatic carbocycles. The first-order chi connectivity index (χ1) is 15.2. The lowest BCUT2D eigenvalue weighted by atomic mass is 10.1. The molecular weight excluding hydrogens is 411 g/mol. The highest BCUT2D eigenvalue weighted by molar-refractivity contribution is 5.94. The van der Waals surface area contributed by atoms with Crippen LogP contribution in [0, 0.1) is 18.7 Å². The number of amides is 2. The molecule has 2 amide bonds. The van der Waals surface area contributed by atoms with Crippen LogP contribution in [0.1, 0.15) is 32.4 Å². The molecule has 0 saturated carbocycles. The monoisotopic (exact) mass is 436 g/mol. The van der Waals surface area contributed by atoms with Gasteiger partial charge in [-0.3, -0.25) is 14.4 Å². The third kappa shape index (κ3) is 5.08. The van der Waals surface area contributed by atoms with Gasteiger partial charge in [0.25, 0.3) is 5.56 Å². The van der Waals surface area contributed by atoms with Crippen molar-refractivity contribution in [1.82, 2.24) is 9.78 Å². The van der Waals surface area contributed by atoms with Gasteiger partial charge in [-0.1, -0.05) is 38.1 Å². The van der Waals surface area contributed by atoms with E-state index in [0.29, 0.717) is 16.9 Å². The Hall–Kier alpha value is -3.81. The quantitative estimate of drug-likeness (QED) is 0.607. The lowest BCUT2D eigenvalue weighted by Gasteiger charge is -2.16. The molecule has 0 aliphatic heterocycles. The Kier molecular flexibility index (Phi) is 6.82. The van der Waals surface area contributed by atoms with Gasteiger partial charge in [0.05, 0.1) is 11.4 Å². The molecule has 2 N–H and O–H groups in total. The summed E-state index contributed by atoms with van der Waals surface area (Å²) in [6.45, 7) is 7.00. The molecule has 166 valence electrons. The normalized spacial score (nSPS) is 11.8. The number of carbonyl (C=O) groups is 2. The van der Waals surface area contributed by atoms with Crippen molar-refractivity contribution in [2.75, 3.05) is 10.6 Å². The summed E-state index contributed by atoms with van der Waals surface area (Å²) in [5.74, 6) is -1.43. The predicted molar refractivity (Wildman–Crippen MR) is 122 cm³/mol. The van der Waals surface area contributed by atoms with Gasteiger partial charge in [-0.25, -0.2) is 9.07 Å². The Morgan fingerprint density at radius 1 is 0.938 bits per heavy atom. The third-order valence-electron chi connectivity index (χ3n) is 5.02. The van der Waals surface area contributed by atoms with Crippen LogP contribution >= 0.6 is 0 Å². The second-order valence-electron chi connectivity index (χ2n) is 7.82. The van der Waals surface area contributed by atoms with E-state index in [9.17, 15) is 18.8 Å². The molecule has 0 bridgehead atoms. The SMILES string of the molecule is Cc1ccc(-c2ccc(=O)n([C@H](C)C(=O)Nc3ccccc3F)n2)cc1NC(=O)C(C)C. The Bertz CT molecular complexity index is 1220. The molecule has 32 heavy (non-hydrogen) atoms. The number of aromatic nitrogens is 2. The van der Waals surface area contributed by atoms with Gasteiger partial charge in [0.15, 0.2) is 0 Å². The fraction of sp³-hybridized carbons (Fsp3) is 0.250. The highest BCUT2D eigenvalue weighted by Gasteiger charge is 2.19. The number of rotatable bonds is 6. The standard InChI is InChI=1S/C24H25FN4O3/c1-14(2)23(31)27-21-13-17(10-9-15(21)3)19-11-12-22(30)29(28-19)16(4)24(32)26-20-8-6-5-7-18(20)25/h5-14,16H,1-4H3,(H,26,32)(H,27,31)/t16-/m1/s1. The zero-order valence-electron chi connectivity index (χ0n) is 18.3. The molecule has 0 spiro atoms. The molecule has 1 atom stereocenters. The van der Waals surface area contributed by atoms with Crippen molar-refractivity contribution in [2.45, 2.75) is 33.7 Å². The van der Waals surface area contributed by atoms with Gasteiger partial charge in [-0.15, -0.1) is 0 Å². The lowest BCUT2D eigenvalue weighted by molar-refractivity contribution is -0.119. The molecule has 7 nitrogen and oxygen atoms in total. The zero-order valence-corrected chi connectivity index (χ0v) is 18.3. The number of benzene rings is 2. The zero-order chi connectivity index (χ0) is 23.4. The maximum Gasteiger partial charge on any atom is 0.267 e. The summed E-state index contributed by atoms with van der Waals surface area (Å²) in [7, 11) is 0. The summed E-state index contributed by atoms with van der Waals surface area (Å²) in [6.07, 6.45) is 0. The summed E-state index contributed by atoms with van der Waals surface area (Å²) in [5, 5.41) is 9.72. The molecule has 1 aromatic heterocycles. The third-order valence-corrected chi connectivity index (χ3v) is 5.02. The van der Waals surface area contributed by atoms with Crippen LogP contribution in [0.2, 0.25) is 0 Å². The van der Waals surface area contributed by atoms with Crippen molar-refractivity contribution < 1.29 is 14.0 Å². The van der Waals surface area contributed by atoms with Crippen LogP contribution in [-0.4, -0.2) is 21.6 Å². The van der Waals surface area contributed by atoms with Gasteiger partial charge >= 0.3 is 0 Å². The minimum atomic E-state index is -0.979. The first kappa shape index (κ1) is 22.9. The van der Waals surface area contributed by atoms with Crippen molar-refractivity contribution in [3.63, 3.8) is 0 Å². The average molecular weight is 436 g/mol. The summed E-state index contributed by atoms with van der Waals surface area (Å²) < 4.78 is 14.9. The smallest absolute Gasteiger partial charge is 0.267 e. The summed E-state index contributed by atoms with van der Waals surface area (Å²) in [4.78, 5) is 37.1. The van der Waals surface area contributed by atoms with Crippen molar-refractivity contribution in [3.05, 3.63) is 76.3 Å². The number of nitrogens with zero attached hydrogens (tertiary/aromatic N) is 2. The highest BCUT2D eigenvalue weighted by atomic mass is 19.1. The summed E-state index contributed by atoms with van der Waals surface area (Å²) in [6, 6.07) is 13.1. The minimum Gasteiger partial charge on any atom is -0.326 e. The molecular formula is C24H25FN4O3. The van der Waals surface area contributed by atoms with E-state index >= 15 is 0 Å². The van der Waals surface area contributed by atoms with Crippen LogP contribution in [0.25, 0.3) is 11.3 Å². The van der Waals surface area contributed by atoms with Crippen LogP contribution in [0.15, 0.2) is 59.4 Å². The molecule has 8 heteroatoms. The summed E-state index contributed by atoms with van der Waals surface area (Å²) >= 11 is 0. The van der Waals surface area contributed by atoms with Crippen molar-refractivity contribution in [2.24, 2.45) is 5.92 Å². The lowest BCUT2D eigenvalue weighted by Crippen LogP contribution is -2.33. The van der Waals surface area contributed by atoms with Crippen LogP contribution in [0.4, 0.5) is 15.8 Å². The molecule has 3 rings (SSSR count). The largest absolute Gasteiger partial charge is 0.326 e. The first-order valence-corrected chi connectivity index (χ1v) is 10.2. The van der Waals surface area contributed by atoms with E-state index in [4.69, 9.17) is 0 Å². The van der Waals surface area contributed by atoms with Crippen LogP contribution in [0.3, 0.4) is 0 Å². The van der Waals surface area contributed by atoms with E-state index in [1.54, 1.807) is 32.0 Å². The fourth-order valence-corrected chi connectivity index (χ4v) is 2.96. The van der Waals surface area contributed by atoms with Gasteiger partial charge < -0.3 is 10.6 Å². The number of anilines is 2. The van der Waals surface area contributed by atoms with Gasteiger partial charge in [0.2, 0.25) is 11.8 Å². The Labute approximate surface area is 185 Å². The molecule has 3 aromatic rings. The first-order valence-electron chi connectivity index (χ1n) is 10.2. The number of nitrogens with one attached hydrogen (secondary N) is 2. The van der Waals surface area contributed by atoms with E-state index in [0.717, 1.165) is 10.2 Å². The highest BCUT2D eigenvalue weighted by Crippen LogP contribution is 2.24. The van der Waals surface area contributed by atoms with Crippen LogP contribution < -0.4 is 16.2 Å². The molecule has 2 aromatic carbocycles. The average Bonchev–Trinajstić information content (AvgIpc) is 2.76. The number of hydrogen-bond acceptors (Lipinski definition) is 4. The van der Waals surface area contributed by atoms with E-state index < -0.39 is 23.3 Å². The molecule has 1 heterocycles. The number of para-hydroxylation sites is 1. The van der Waals surface area contributed by atoms with Gasteiger partial charge in [0.1, 0.15) is 11.9 Å². The molecule has 0 fully saturated rings. The van der Waals surface area contributed by atoms with Gasteiger partial charge in [0, 0.05) is 23.2 Å².